The zero-order valence-corrected chi connectivity index (χ0v) is 12.7. The molecule has 0 aromatic heterocycles. The van der Waals surface area contributed by atoms with Crippen LogP contribution in [-0.4, -0.2) is 56.9 Å². The van der Waals surface area contributed by atoms with Crippen LogP contribution in [0.15, 0.2) is 0 Å². The maximum absolute atomic E-state index is 11.9. The van der Waals surface area contributed by atoms with Gasteiger partial charge >= 0.3 is 0 Å². The predicted octanol–water partition coefficient (Wildman–Crippen LogP) is 0.895. The summed E-state index contributed by atoms with van der Waals surface area (Å²) < 4.78 is 27.9. The van der Waals surface area contributed by atoms with Crippen molar-refractivity contribution in [3.8, 4) is 0 Å². The second-order valence-electron chi connectivity index (χ2n) is 5.03. The van der Waals surface area contributed by atoms with E-state index in [1.54, 1.807) is 0 Å². The highest BCUT2D eigenvalue weighted by Crippen LogP contribution is 2.14. The van der Waals surface area contributed by atoms with Crippen molar-refractivity contribution in [1.29, 1.82) is 0 Å². The Bertz CT molecular complexity index is 328. The number of hydrogen-bond donors (Lipinski definition) is 1. The number of nitrogens with zero attached hydrogens (tertiary/aromatic N) is 2. The van der Waals surface area contributed by atoms with Gasteiger partial charge in [0, 0.05) is 32.7 Å². The van der Waals surface area contributed by atoms with Crippen LogP contribution in [0.1, 0.15) is 33.6 Å². The minimum absolute atomic E-state index is 0.506. The van der Waals surface area contributed by atoms with E-state index >= 15 is 0 Å². The molecule has 1 saturated heterocycles. The molecule has 1 fully saturated rings. The normalized spacial score (nSPS) is 22.6. The van der Waals surface area contributed by atoms with Crippen LogP contribution in [0.4, 0.5) is 0 Å². The number of rotatable bonds is 7. The Morgan fingerprint density at radius 1 is 1.33 bits per heavy atom. The molecule has 0 aromatic rings. The maximum atomic E-state index is 11.9. The molecule has 1 aliphatic rings. The largest absolute Gasteiger partial charge is 0.302 e. The van der Waals surface area contributed by atoms with Gasteiger partial charge in [-0.05, 0) is 25.3 Å². The van der Waals surface area contributed by atoms with E-state index in [9.17, 15) is 8.42 Å². The smallest absolute Gasteiger partial charge is 0.279 e. The minimum Gasteiger partial charge on any atom is -0.302 e. The van der Waals surface area contributed by atoms with Crippen LogP contribution in [0.5, 0.6) is 0 Å². The van der Waals surface area contributed by atoms with Gasteiger partial charge in [0.05, 0.1) is 0 Å². The lowest BCUT2D eigenvalue weighted by Crippen LogP contribution is -2.45. The van der Waals surface area contributed by atoms with E-state index in [1.165, 1.54) is 17.1 Å². The van der Waals surface area contributed by atoms with E-state index in [0.29, 0.717) is 19.6 Å². The van der Waals surface area contributed by atoms with Crippen LogP contribution in [0.2, 0.25) is 0 Å². The highest BCUT2D eigenvalue weighted by Gasteiger charge is 2.19. The predicted molar refractivity (Wildman–Crippen MR) is 74.7 cm³/mol. The molecular weight excluding hydrogens is 250 g/mol. The van der Waals surface area contributed by atoms with E-state index in [0.717, 1.165) is 25.6 Å². The molecule has 18 heavy (non-hydrogen) atoms. The van der Waals surface area contributed by atoms with E-state index < -0.39 is 10.2 Å². The molecule has 0 spiro atoms. The van der Waals surface area contributed by atoms with Crippen LogP contribution >= 0.6 is 0 Å². The minimum atomic E-state index is -3.28. The number of likely N-dealkylation sites (tertiary alicyclic amines) is 1. The Kier molecular flexibility index (Phi) is 6.55. The summed E-state index contributed by atoms with van der Waals surface area (Å²) in [4.78, 5) is 2.35. The third-order valence-corrected chi connectivity index (χ3v) is 5.26. The number of hydrogen-bond acceptors (Lipinski definition) is 3. The van der Waals surface area contributed by atoms with Crippen molar-refractivity contribution in [1.82, 2.24) is 13.9 Å². The summed E-state index contributed by atoms with van der Waals surface area (Å²) in [6.45, 7) is 10.5. The zero-order chi connectivity index (χ0) is 13.6. The zero-order valence-electron chi connectivity index (χ0n) is 11.9. The van der Waals surface area contributed by atoms with Crippen molar-refractivity contribution in [2.45, 2.75) is 33.6 Å². The third kappa shape index (κ3) is 4.84. The number of nitrogens with one attached hydrogen (secondary N) is 1. The van der Waals surface area contributed by atoms with Gasteiger partial charge in [0.25, 0.3) is 10.2 Å². The standard InChI is InChI=1S/C12H27N3O2S/c1-4-15(5-2)18(16,17)13-8-10-14-9-6-7-12(3)11-14/h12-13H,4-11H2,1-3H3. The average Bonchev–Trinajstić information content (AvgIpc) is 2.30. The van der Waals surface area contributed by atoms with Crippen LogP contribution < -0.4 is 4.72 Å². The van der Waals surface area contributed by atoms with Gasteiger partial charge in [-0.3, -0.25) is 0 Å². The Labute approximate surface area is 112 Å². The van der Waals surface area contributed by atoms with Crippen LogP contribution in [0, 0.1) is 5.92 Å². The van der Waals surface area contributed by atoms with Crippen molar-refractivity contribution >= 4 is 10.2 Å². The molecule has 5 nitrogen and oxygen atoms in total. The molecule has 1 unspecified atom stereocenters. The molecule has 0 aromatic carbocycles. The van der Waals surface area contributed by atoms with Gasteiger partial charge in [-0.2, -0.15) is 12.7 Å². The molecule has 0 aliphatic carbocycles. The summed E-state index contributed by atoms with van der Waals surface area (Å²) in [5, 5.41) is 0. The first-order valence-corrected chi connectivity index (χ1v) is 8.40. The van der Waals surface area contributed by atoms with E-state index in [-0.39, 0.29) is 0 Å². The summed E-state index contributed by atoms with van der Waals surface area (Å²) in [6, 6.07) is 0. The molecule has 1 atom stereocenters. The molecule has 6 heteroatoms. The Morgan fingerprint density at radius 3 is 2.56 bits per heavy atom. The van der Waals surface area contributed by atoms with Crippen LogP contribution in [0.25, 0.3) is 0 Å². The van der Waals surface area contributed by atoms with Crippen molar-refractivity contribution in [2.75, 3.05) is 39.3 Å². The molecule has 108 valence electrons. The molecular formula is C12H27N3O2S. The highest BCUT2D eigenvalue weighted by atomic mass is 32.2. The van der Waals surface area contributed by atoms with E-state index in [1.807, 2.05) is 13.8 Å². The third-order valence-electron chi connectivity index (χ3n) is 3.50. The molecule has 0 radical (unpaired) electrons. The van der Waals surface area contributed by atoms with Gasteiger partial charge in [-0.15, -0.1) is 0 Å². The van der Waals surface area contributed by atoms with Gasteiger partial charge in [0.15, 0.2) is 0 Å². The summed E-state index contributed by atoms with van der Waals surface area (Å²) in [5.41, 5.74) is 0. The first-order chi connectivity index (χ1) is 8.49. The Morgan fingerprint density at radius 2 is 2.00 bits per heavy atom. The fourth-order valence-electron chi connectivity index (χ4n) is 2.48. The Hall–Kier alpha value is -0.170. The molecule has 0 bridgehead atoms. The fourth-order valence-corrected chi connectivity index (χ4v) is 3.69. The molecule has 1 N–H and O–H groups in total. The first kappa shape index (κ1) is 15.9. The molecule has 0 saturated carbocycles. The van der Waals surface area contributed by atoms with Gasteiger partial charge in [-0.25, -0.2) is 4.72 Å². The molecule has 1 aliphatic heterocycles. The fraction of sp³-hybridized carbons (Fsp3) is 1.00. The average molecular weight is 277 g/mol. The highest BCUT2D eigenvalue weighted by molar-refractivity contribution is 7.87. The van der Waals surface area contributed by atoms with E-state index in [4.69, 9.17) is 0 Å². The van der Waals surface area contributed by atoms with Gasteiger partial charge in [0.2, 0.25) is 0 Å². The topological polar surface area (TPSA) is 52.7 Å². The maximum Gasteiger partial charge on any atom is 0.279 e. The lowest BCUT2D eigenvalue weighted by Gasteiger charge is -2.31. The van der Waals surface area contributed by atoms with Gasteiger partial charge < -0.3 is 4.90 Å². The van der Waals surface area contributed by atoms with Crippen molar-refractivity contribution in [3.05, 3.63) is 0 Å². The quantitative estimate of drug-likeness (QED) is 0.752. The van der Waals surface area contributed by atoms with Crippen LogP contribution in [0.3, 0.4) is 0 Å². The Balaban J connectivity index is 2.32. The van der Waals surface area contributed by atoms with Crippen molar-refractivity contribution in [2.24, 2.45) is 5.92 Å². The monoisotopic (exact) mass is 277 g/mol. The van der Waals surface area contributed by atoms with Crippen molar-refractivity contribution in [3.63, 3.8) is 0 Å². The molecule has 1 heterocycles. The van der Waals surface area contributed by atoms with E-state index in [2.05, 4.69) is 16.5 Å². The second-order valence-corrected chi connectivity index (χ2v) is 6.79. The summed E-state index contributed by atoms with van der Waals surface area (Å²) in [7, 11) is -3.28. The first-order valence-electron chi connectivity index (χ1n) is 6.96. The summed E-state index contributed by atoms with van der Waals surface area (Å²) in [6.07, 6.45) is 2.52. The molecule has 0 amide bonds. The lowest BCUT2D eigenvalue weighted by molar-refractivity contribution is 0.187. The van der Waals surface area contributed by atoms with Crippen molar-refractivity contribution < 1.29 is 8.42 Å². The van der Waals surface area contributed by atoms with Gasteiger partial charge in [0.1, 0.15) is 0 Å². The SMILES string of the molecule is CCN(CC)S(=O)(=O)NCCN1CCCC(C)C1. The lowest BCUT2D eigenvalue weighted by atomic mass is 10.0. The second kappa shape index (κ2) is 7.43. The van der Waals surface area contributed by atoms with Gasteiger partial charge in [-0.1, -0.05) is 20.8 Å². The number of piperidine rings is 1. The molecule has 1 rings (SSSR count). The summed E-state index contributed by atoms with van der Waals surface area (Å²) >= 11 is 0. The van der Waals surface area contributed by atoms with Crippen LogP contribution in [-0.2, 0) is 10.2 Å². The summed E-state index contributed by atoms with van der Waals surface area (Å²) in [5.74, 6) is 0.734.